The summed E-state index contributed by atoms with van der Waals surface area (Å²) in [7, 11) is 1.54. The van der Waals surface area contributed by atoms with Gasteiger partial charge in [-0.05, 0) is 68.7 Å². The number of ether oxygens (including phenoxy) is 3. The van der Waals surface area contributed by atoms with Crippen LogP contribution < -0.4 is 9.47 Å². The molecule has 0 aromatic heterocycles. The molecule has 1 saturated heterocycles. The van der Waals surface area contributed by atoms with Gasteiger partial charge < -0.3 is 24.2 Å². The number of carbonyl (C=O) groups excluding carboxylic acids is 2. The Morgan fingerprint density at radius 3 is 2.53 bits per heavy atom. The highest BCUT2D eigenvalue weighted by atomic mass is 16.5. The van der Waals surface area contributed by atoms with Crippen molar-refractivity contribution in [3.8, 4) is 11.5 Å². The number of likely N-dealkylation sites (tertiary alicyclic amines) is 1. The van der Waals surface area contributed by atoms with E-state index in [2.05, 4.69) is 0 Å². The molecule has 2 aromatic rings. The minimum Gasteiger partial charge on any atom is -0.507 e. The van der Waals surface area contributed by atoms with Crippen LogP contribution in [0.1, 0.15) is 49.9 Å². The Kier molecular flexibility index (Phi) is 8.34. The van der Waals surface area contributed by atoms with Gasteiger partial charge in [0.1, 0.15) is 17.3 Å². The van der Waals surface area contributed by atoms with Crippen LogP contribution in [-0.4, -0.2) is 54.7 Å². The Hall–Kier alpha value is -3.32. The average Bonchev–Trinajstić information content (AvgIpc) is 3.07. The van der Waals surface area contributed by atoms with Crippen LogP contribution in [0.3, 0.4) is 0 Å². The number of aliphatic hydroxyl groups is 1. The molecule has 34 heavy (non-hydrogen) atoms. The quantitative estimate of drug-likeness (QED) is 0.311. The summed E-state index contributed by atoms with van der Waals surface area (Å²) in [6.45, 7) is 8.79. The fourth-order valence-electron chi connectivity index (χ4n) is 3.98. The summed E-state index contributed by atoms with van der Waals surface area (Å²) in [5, 5.41) is 11.3. The van der Waals surface area contributed by atoms with E-state index in [0.29, 0.717) is 29.2 Å². The van der Waals surface area contributed by atoms with Crippen molar-refractivity contribution in [2.45, 2.75) is 46.3 Å². The number of ketones is 1. The van der Waals surface area contributed by atoms with Gasteiger partial charge in [0.2, 0.25) is 0 Å². The molecule has 1 aliphatic rings. The number of methoxy groups -OCH3 is 1. The summed E-state index contributed by atoms with van der Waals surface area (Å²) in [6, 6.07) is 11.7. The zero-order chi connectivity index (χ0) is 24.8. The van der Waals surface area contributed by atoms with Gasteiger partial charge in [-0.25, -0.2) is 0 Å². The maximum Gasteiger partial charge on any atom is 0.295 e. The predicted molar refractivity (Wildman–Crippen MR) is 130 cm³/mol. The number of hydrogen-bond donors (Lipinski definition) is 1. The Bertz CT molecular complexity index is 1070. The lowest BCUT2D eigenvalue weighted by Crippen LogP contribution is -2.32. The number of carbonyl (C=O) groups is 2. The normalized spacial score (nSPS) is 17.5. The summed E-state index contributed by atoms with van der Waals surface area (Å²) < 4.78 is 16.7. The second-order valence-electron chi connectivity index (χ2n) is 8.55. The molecule has 0 aliphatic carbocycles. The highest BCUT2D eigenvalue weighted by Gasteiger charge is 2.46. The van der Waals surface area contributed by atoms with Gasteiger partial charge in [0, 0.05) is 19.2 Å². The minimum atomic E-state index is -0.757. The van der Waals surface area contributed by atoms with E-state index in [-0.39, 0.29) is 30.6 Å². The zero-order valence-electron chi connectivity index (χ0n) is 20.5. The van der Waals surface area contributed by atoms with Crippen molar-refractivity contribution >= 4 is 17.4 Å². The number of rotatable bonds is 10. The smallest absolute Gasteiger partial charge is 0.295 e. The van der Waals surface area contributed by atoms with Gasteiger partial charge in [-0.3, -0.25) is 9.59 Å². The third-order valence-electron chi connectivity index (χ3n) is 5.53. The zero-order valence-corrected chi connectivity index (χ0v) is 20.5. The molecule has 0 bridgehead atoms. The largest absolute Gasteiger partial charge is 0.507 e. The summed E-state index contributed by atoms with van der Waals surface area (Å²) in [6.07, 6.45) is 0.860. The molecule has 7 nitrogen and oxygen atoms in total. The number of amides is 1. The maximum absolute atomic E-state index is 13.1. The van der Waals surface area contributed by atoms with Crippen molar-refractivity contribution in [3.05, 3.63) is 64.7 Å². The van der Waals surface area contributed by atoms with E-state index >= 15 is 0 Å². The van der Waals surface area contributed by atoms with Gasteiger partial charge in [-0.15, -0.1) is 0 Å². The first-order chi connectivity index (χ1) is 16.3. The summed E-state index contributed by atoms with van der Waals surface area (Å²) in [4.78, 5) is 27.5. The van der Waals surface area contributed by atoms with Gasteiger partial charge in [-0.1, -0.05) is 19.1 Å². The van der Waals surface area contributed by atoms with Crippen LogP contribution in [-0.2, 0) is 14.3 Å². The van der Waals surface area contributed by atoms with Crippen LogP contribution in [0.2, 0.25) is 0 Å². The van der Waals surface area contributed by atoms with Gasteiger partial charge in [-0.2, -0.15) is 0 Å². The molecule has 1 amide bonds. The van der Waals surface area contributed by atoms with E-state index in [4.69, 9.17) is 14.2 Å². The molecular formula is C27H33NO6. The van der Waals surface area contributed by atoms with Gasteiger partial charge >= 0.3 is 0 Å². The molecule has 0 spiro atoms. The maximum atomic E-state index is 13.1. The van der Waals surface area contributed by atoms with E-state index in [0.717, 1.165) is 12.0 Å². The third kappa shape index (κ3) is 5.42. The molecule has 182 valence electrons. The first-order valence-electron chi connectivity index (χ1n) is 11.6. The molecule has 0 saturated carbocycles. The first-order valence-corrected chi connectivity index (χ1v) is 11.6. The van der Waals surface area contributed by atoms with Crippen molar-refractivity contribution in [2.75, 3.05) is 26.9 Å². The molecule has 1 heterocycles. The van der Waals surface area contributed by atoms with E-state index in [9.17, 15) is 14.7 Å². The lowest BCUT2D eigenvalue weighted by atomic mass is 9.94. The number of aliphatic hydroxyl groups excluding tert-OH is 1. The molecule has 1 atom stereocenters. The number of Topliss-reactive ketones (excluding diaryl/α,β-unsaturated/α-hetero) is 1. The minimum absolute atomic E-state index is 0.00598. The molecular weight excluding hydrogens is 434 g/mol. The first kappa shape index (κ1) is 25.3. The summed E-state index contributed by atoms with van der Waals surface area (Å²) in [5.41, 5.74) is 1.99. The molecule has 1 aliphatic heterocycles. The van der Waals surface area contributed by atoms with Crippen molar-refractivity contribution < 1.29 is 28.9 Å². The van der Waals surface area contributed by atoms with Crippen LogP contribution in [0.25, 0.3) is 5.76 Å². The van der Waals surface area contributed by atoms with Gasteiger partial charge in [0.25, 0.3) is 11.7 Å². The Balaban J connectivity index is 2.11. The standard InChI is InChI=1S/C27H33NO6/c1-6-13-33-21-9-7-8-19(16-21)24-23(26(30)27(31)28(24)12-14-32-5)25(29)20-10-11-22(18(4)15-20)34-17(2)3/h7-11,15-17,24,29H,6,12-14H2,1-5H3/b25-23+. The molecule has 0 radical (unpaired) electrons. The fourth-order valence-corrected chi connectivity index (χ4v) is 3.98. The molecule has 1 fully saturated rings. The number of hydrogen-bond acceptors (Lipinski definition) is 6. The van der Waals surface area contributed by atoms with Crippen LogP contribution >= 0.6 is 0 Å². The lowest BCUT2D eigenvalue weighted by Gasteiger charge is -2.25. The van der Waals surface area contributed by atoms with E-state index in [1.807, 2.05) is 52.0 Å². The van der Waals surface area contributed by atoms with Crippen molar-refractivity contribution in [1.82, 2.24) is 4.90 Å². The van der Waals surface area contributed by atoms with Crippen molar-refractivity contribution in [2.24, 2.45) is 0 Å². The van der Waals surface area contributed by atoms with Gasteiger partial charge in [0.05, 0.1) is 30.9 Å². The van der Waals surface area contributed by atoms with E-state index in [1.165, 1.54) is 12.0 Å². The molecule has 1 unspecified atom stereocenters. The number of aryl methyl sites for hydroxylation is 1. The Morgan fingerprint density at radius 2 is 1.88 bits per heavy atom. The highest BCUT2D eigenvalue weighted by Crippen LogP contribution is 2.40. The highest BCUT2D eigenvalue weighted by molar-refractivity contribution is 6.46. The van der Waals surface area contributed by atoms with E-state index < -0.39 is 17.7 Å². The topological polar surface area (TPSA) is 85.3 Å². The van der Waals surface area contributed by atoms with Crippen molar-refractivity contribution in [1.29, 1.82) is 0 Å². The number of nitrogens with zero attached hydrogens (tertiary/aromatic N) is 1. The summed E-state index contributed by atoms with van der Waals surface area (Å²) in [5.74, 6) is -0.270. The molecule has 2 aromatic carbocycles. The van der Waals surface area contributed by atoms with Crippen LogP contribution in [0, 0.1) is 6.92 Å². The Labute approximate surface area is 200 Å². The SMILES string of the molecule is CCCOc1cccc(C2/C(=C(\O)c3ccc(OC(C)C)c(C)c3)C(=O)C(=O)N2CCOC)c1. The van der Waals surface area contributed by atoms with Crippen molar-refractivity contribution in [3.63, 3.8) is 0 Å². The number of benzene rings is 2. The second-order valence-corrected chi connectivity index (χ2v) is 8.55. The molecule has 1 N–H and O–H groups in total. The van der Waals surface area contributed by atoms with Crippen LogP contribution in [0.5, 0.6) is 11.5 Å². The predicted octanol–water partition coefficient (Wildman–Crippen LogP) is 4.64. The summed E-state index contributed by atoms with van der Waals surface area (Å²) >= 11 is 0. The molecule has 7 heteroatoms. The Morgan fingerprint density at radius 1 is 1.12 bits per heavy atom. The van der Waals surface area contributed by atoms with Crippen LogP contribution in [0.15, 0.2) is 48.0 Å². The monoisotopic (exact) mass is 467 g/mol. The molecule has 3 rings (SSSR count). The average molecular weight is 468 g/mol. The van der Waals surface area contributed by atoms with E-state index in [1.54, 1.807) is 18.2 Å². The third-order valence-corrected chi connectivity index (χ3v) is 5.53. The lowest BCUT2D eigenvalue weighted by molar-refractivity contribution is -0.140. The second kappa shape index (κ2) is 11.2. The van der Waals surface area contributed by atoms with Crippen LogP contribution in [0.4, 0.5) is 0 Å². The van der Waals surface area contributed by atoms with Gasteiger partial charge in [0.15, 0.2) is 0 Å². The fraction of sp³-hybridized carbons (Fsp3) is 0.407.